The van der Waals surface area contributed by atoms with Crippen LogP contribution < -0.4 is 0 Å². The van der Waals surface area contributed by atoms with Crippen molar-refractivity contribution in [2.75, 3.05) is 5.88 Å². The lowest BCUT2D eigenvalue weighted by atomic mass is 10.1. The first-order valence-corrected chi connectivity index (χ1v) is 5.31. The zero-order valence-corrected chi connectivity index (χ0v) is 9.22. The molecule has 0 spiro atoms. The lowest BCUT2D eigenvalue weighted by molar-refractivity contribution is 0.282. The lowest BCUT2D eigenvalue weighted by Crippen LogP contribution is -1.84. The molecule has 14 heavy (non-hydrogen) atoms. The molecule has 0 amide bonds. The number of allylic oxidation sites excluding steroid dienone is 1. The molecule has 0 heterocycles. The molecule has 0 aliphatic heterocycles. The first-order valence-electron chi connectivity index (χ1n) is 4.39. The summed E-state index contributed by atoms with van der Waals surface area (Å²) in [6.07, 6.45) is 4.71. The highest BCUT2D eigenvalue weighted by Gasteiger charge is 1.97. The van der Waals surface area contributed by atoms with E-state index < -0.39 is 0 Å². The summed E-state index contributed by atoms with van der Waals surface area (Å²) < 4.78 is 0. The van der Waals surface area contributed by atoms with Gasteiger partial charge in [-0.3, -0.25) is 0 Å². The Morgan fingerprint density at radius 3 is 2.79 bits per heavy atom. The predicted octanol–water partition coefficient (Wildman–Crippen LogP) is 3.47. The van der Waals surface area contributed by atoms with Crippen LogP contribution in [0, 0.1) is 0 Å². The van der Waals surface area contributed by atoms with Gasteiger partial charge >= 0.3 is 0 Å². The van der Waals surface area contributed by atoms with Gasteiger partial charge in [-0.1, -0.05) is 29.8 Å². The van der Waals surface area contributed by atoms with Crippen molar-refractivity contribution in [3.63, 3.8) is 0 Å². The highest BCUT2D eigenvalue weighted by Crippen LogP contribution is 2.19. The summed E-state index contributed by atoms with van der Waals surface area (Å²) in [5.41, 5.74) is 1.78. The quantitative estimate of drug-likeness (QED) is 0.786. The summed E-state index contributed by atoms with van der Waals surface area (Å²) in [6.45, 7) is 0.0352. The number of aliphatic hydroxyl groups excluding tert-OH is 1. The van der Waals surface area contributed by atoms with Gasteiger partial charge in [-0.05, 0) is 29.7 Å². The Bertz CT molecular complexity index is 321. The normalized spacial score (nSPS) is 11.1. The van der Waals surface area contributed by atoms with Crippen LogP contribution >= 0.6 is 23.2 Å². The van der Waals surface area contributed by atoms with Crippen molar-refractivity contribution in [2.45, 2.75) is 13.0 Å². The van der Waals surface area contributed by atoms with Gasteiger partial charge in [-0.25, -0.2) is 0 Å². The molecule has 0 radical (unpaired) electrons. The third kappa shape index (κ3) is 3.33. The SMILES string of the molecule is OCc1ccc(Cl)c(C=CCCCl)c1. The molecule has 0 saturated carbocycles. The van der Waals surface area contributed by atoms with Crippen molar-refractivity contribution in [3.05, 3.63) is 40.4 Å². The highest BCUT2D eigenvalue weighted by molar-refractivity contribution is 6.32. The second kappa shape index (κ2) is 6.07. The highest BCUT2D eigenvalue weighted by atomic mass is 35.5. The molecule has 1 N–H and O–H groups in total. The number of aliphatic hydroxyl groups is 1. The van der Waals surface area contributed by atoms with Crippen molar-refractivity contribution < 1.29 is 5.11 Å². The van der Waals surface area contributed by atoms with Gasteiger partial charge < -0.3 is 5.11 Å². The average molecular weight is 231 g/mol. The monoisotopic (exact) mass is 230 g/mol. The maximum absolute atomic E-state index is 8.94. The van der Waals surface area contributed by atoms with Crippen LogP contribution in [0.4, 0.5) is 0 Å². The van der Waals surface area contributed by atoms with Crippen LogP contribution in [0.25, 0.3) is 6.08 Å². The smallest absolute Gasteiger partial charge is 0.0682 e. The van der Waals surface area contributed by atoms with Crippen molar-refractivity contribution >= 4 is 29.3 Å². The molecule has 0 saturated heterocycles. The van der Waals surface area contributed by atoms with E-state index in [9.17, 15) is 0 Å². The molecule has 0 unspecified atom stereocenters. The van der Waals surface area contributed by atoms with E-state index in [-0.39, 0.29) is 6.61 Å². The van der Waals surface area contributed by atoms with E-state index in [1.165, 1.54) is 0 Å². The Balaban J connectivity index is 2.83. The minimum atomic E-state index is 0.0352. The number of alkyl halides is 1. The van der Waals surface area contributed by atoms with Crippen molar-refractivity contribution in [1.82, 2.24) is 0 Å². The molecule has 0 fully saturated rings. The molecular formula is C11H12Cl2O. The van der Waals surface area contributed by atoms with Gasteiger partial charge in [-0.15, -0.1) is 11.6 Å². The first-order chi connectivity index (χ1) is 6.77. The fourth-order valence-electron chi connectivity index (χ4n) is 1.09. The van der Waals surface area contributed by atoms with E-state index in [0.717, 1.165) is 17.5 Å². The zero-order chi connectivity index (χ0) is 10.4. The van der Waals surface area contributed by atoms with Gasteiger partial charge in [0.05, 0.1) is 6.61 Å². The van der Waals surface area contributed by atoms with Crippen LogP contribution in [0.3, 0.4) is 0 Å². The minimum Gasteiger partial charge on any atom is -0.392 e. The zero-order valence-electron chi connectivity index (χ0n) is 7.71. The van der Waals surface area contributed by atoms with E-state index in [4.69, 9.17) is 28.3 Å². The number of rotatable bonds is 4. The summed E-state index contributed by atoms with van der Waals surface area (Å²) in [6, 6.07) is 5.46. The van der Waals surface area contributed by atoms with Crippen LogP contribution in [-0.2, 0) is 6.61 Å². The third-order valence-electron chi connectivity index (χ3n) is 1.82. The van der Waals surface area contributed by atoms with E-state index in [1.54, 1.807) is 12.1 Å². The number of hydrogen-bond donors (Lipinski definition) is 1. The van der Waals surface area contributed by atoms with Gasteiger partial charge in [0.2, 0.25) is 0 Å². The Kier molecular flexibility index (Phi) is 5.02. The van der Waals surface area contributed by atoms with Crippen molar-refractivity contribution in [3.8, 4) is 0 Å². The van der Waals surface area contributed by atoms with Crippen molar-refractivity contribution in [2.24, 2.45) is 0 Å². The summed E-state index contributed by atoms with van der Waals surface area (Å²) >= 11 is 11.5. The van der Waals surface area contributed by atoms with E-state index in [1.807, 2.05) is 18.2 Å². The van der Waals surface area contributed by atoms with Crippen molar-refractivity contribution in [1.29, 1.82) is 0 Å². The summed E-state index contributed by atoms with van der Waals surface area (Å²) in [5, 5.41) is 9.62. The molecule has 76 valence electrons. The first kappa shape index (κ1) is 11.6. The molecule has 0 aliphatic carbocycles. The Hall–Kier alpha value is -0.500. The molecular weight excluding hydrogens is 219 g/mol. The maximum Gasteiger partial charge on any atom is 0.0682 e. The van der Waals surface area contributed by atoms with Gasteiger partial charge in [0.15, 0.2) is 0 Å². The topological polar surface area (TPSA) is 20.2 Å². The minimum absolute atomic E-state index is 0.0352. The largest absolute Gasteiger partial charge is 0.392 e. The van der Waals surface area contributed by atoms with Gasteiger partial charge in [0.1, 0.15) is 0 Å². The van der Waals surface area contributed by atoms with Gasteiger partial charge in [0, 0.05) is 10.9 Å². The molecule has 1 rings (SSSR count). The third-order valence-corrected chi connectivity index (χ3v) is 2.38. The van der Waals surface area contributed by atoms with Gasteiger partial charge in [-0.2, -0.15) is 0 Å². The van der Waals surface area contributed by atoms with Crippen LogP contribution in [0.5, 0.6) is 0 Å². The van der Waals surface area contributed by atoms with Crippen LogP contribution in [0.1, 0.15) is 17.5 Å². The molecule has 1 aromatic carbocycles. The number of hydrogen-bond acceptors (Lipinski definition) is 1. The molecule has 0 atom stereocenters. The second-order valence-electron chi connectivity index (χ2n) is 2.89. The Morgan fingerprint density at radius 2 is 2.14 bits per heavy atom. The van der Waals surface area contributed by atoms with E-state index >= 15 is 0 Å². The van der Waals surface area contributed by atoms with E-state index in [0.29, 0.717) is 10.9 Å². The summed E-state index contributed by atoms with van der Waals surface area (Å²) in [7, 11) is 0. The fraction of sp³-hybridized carbons (Fsp3) is 0.273. The van der Waals surface area contributed by atoms with Gasteiger partial charge in [0.25, 0.3) is 0 Å². The Morgan fingerprint density at radius 1 is 1.36 bits per heavy atom. The van der Waals surface area contributed by atoms with Crippen LogP contribution in [0.2, 0.25) is 5.02 Å². The molecule has 3 heteroatoms. The second-order valence-corrected chi connectivity index (χ2v) is 3.68. The maximum atomic E-state index is 8.94. The molecule has 1 aromatic rings. The summed E-state index contributed by atoms with van der Waals surface area (Å²) in [4.78, 5) is 0. The molecule has 0 bridgehead atoms. The number of benzene rings is 1. The standard InChI is InChI=1S/C11H12Cl2O/c12-6-2-1-3-10-7-9(8-14)4-5-11(10)13/h1,3-5,7,14H,2,6,8H2. The predicted molar refractivity (Wildman–Crippen MR) is 61.7 cm³/mol. The summed E-state index contributed by atoms with van der Waals surface area (Å²) in [5.74, 6) is 0.605. The molecule has 0 aliphatic rings. The average Bonchev–Trinajstić information content (AvgIpc) is 2.21. The fourth-order valence-corrected chi connectivity index (χ4v) is 1.40. The molecule has 0 aromatic heterocycles. The van der Waals surface area contributed by atoms with Crippen LogP contribution in [0.15, 0.2) is 24.3 Å². The van der Waals surface area contributed by atoms with E-state index in [2.05, 4.69) is 0 Å². The Labute approximate surface area is 94.0 Å². The number of halogens is 2. The lowest BCUT2D eigenvalue weighted by Gasteiger charge is -2.01. The molecule has 1 nitrogen and oxygen atoms in total. The van der Waals surface area contributed by atoms with Crippen LogP contribution in [-0.4, -0.2) is 11.0 Å².